The topological polar surface area (TPSA) is 45.0 Å². The van der Waals surface area contributed by atoms with Gasteiger partial charge in [-0.15, -0.1) is 0 Å². The van der Waals surface area contributed by atoms with Gasteiger partial charge in [0.15, 0.2) is 0 Å². The van der Waals surface area contributed by atoms with E-state index in [1.165, 1.54) is 5.56 Å². The van der Waals surface area contributed by atoms with Crippen LogP contribution in [0.4, 0.5) is 0 Å². The Bertz CT molecular complexity index is 409. The Morgan fingerprint density at radius 1 is 1.47 bits per heavy atom. The maximum Gasteiger partial charge on any atom is 0.123 e. The summed E-state index contributed by atoms with van der Waals surface area (Å²) in [4.78, 5) is 0. The third kappa shape index (κ3) is 1.81. The highest BCUT2D eigenvalue weighted by Gasteiger charge is 2.47. The molecule has 0 aromatic heterocycles. The SMILES string of the molecule is CNC.N#Cc1ccc2c(c1)C1CC1O2. The number of nitriles is 1. The zero-order valence-corrected chi connectivity index (χ0v) is 8.95. The lowest BCUT2D eigenvalue weighted by Crippen LogP contribution is -1.90. The summed E-state index contributed by atoms with van der Waals surface area (Å²) < 4.78 is 5.57. The van der Waals surface area contributed by atoms with Crippen molar-refractivity contribution in [1.82, 2.24) is 5.32 Å². The van der Waals surface area contributed by atoms with Gasteiger partial charge in [0.25, 0.3) is 0 Å². The van der Waals surface area contributed by atoms with Gasteiger partial charge in [0.1, 0.15) is 11.9 Å². The second-order valence-corrected chi connectivity index (χ2v) is 3.86. The van der Waals surface area contributed by atoms with Crippen molar-refractivity contribution in [2.45, 2.75) is 18.4 Å². The number of nitrogens with one attached hydrogen (secondary N) is 1. The molecule has 0 bridgehead atoms. The Hall–Kier alpha value is -1.53. The fourth-order valence-electron chi connectivity index (χ4n) is 1.81. The number of hydrogen-bond donors (Lipinski definition) is 1. The molecule has 1 fully saturated rings. The molecule has 2 atom stereocenters. The van der Waals surface area contributed by atoms with Gasteiger partial charge in [0.2, 0.25) is 0 Å². The van der Waals surface area contributed by atoms with E-state index >= 15 is 0 Å². The molecule has 1 aromatic rings. The lowest BCUT2D eigenvalue weighted by atomic mass is 10.1. The van der Waals surface area contributed by atoms with Gasteiger partial charge >= 0.3 is 0 Å². The zero-order chi connectivity index (χ0) is 10.8. The smallest absolute Gasteiger partial charge is 0.123 e. The molecule has 2 aliphatic rings. The Morgan fingerprint density at radius 2 is 2.20 bits per heavy atom. The first-order valence-corrected chi connectivity index (χ1v) is 5.09. The molecule has 1 aliphatic heterocycles. The molecule has 0 spiro atoms. The second kappa shape index (κ2) is 3.92. The Kier molecular flexibility index (Phi) is 2.61. The third-order valence-electron chi connectivity index (χ3n) is 2.55. The normalized spacial score (nSPS) is 23.8. The van der Waals surface area contributed by atoms with Crippen LogP contribution in [0.2, 0.25) is 0 Å². The largest absolute Gasteiger partial charge is 0.489 e. The monoisotopic (exact) mass is 202 g/mol. The number of ether oxygens (including phenoxy) is 1. The second-order valence-electron chi connectivity index (χ2n) is 3.86. The minimum Gasteiger partial charge on any atom is -0.489 e. The van der Waals surface area contributed by atoms with Crippen molar-refractivity contribution in [1.29, 1.82) is 5.26 Å². The van der Waals surface area contributed by atoms with Crippen LogP contribution in [0.1, 0.15) is 23.5 Å². The van der Waals surface area contributed by atoms with E-state index in [-0.39, 0.29) is 0 Å². The number of nitrogens with zero attached hydrogens (tertiary/aromatic N) is 1. The van der Waals surface area contributed by atoms with Crippen molar-refractivity contribution in [3.05, 3.63) is 29.3 Å². The van der Waals surface area contributed by atoms with Crippen molar-refractivity contribution in [3.63, 3.8) is 0 Å². The van der Waals surface area contributed by atoms with Crippen LogP contribution in [-0.2, 0) is 0 Å². The van der Waals surface area contributed by atoms with Crippen molar-refractivity contribution >= 4 is 0 Å². The number of fused-ring (bicyclic) bond motifs is 3. The highest BCUT2D eigenvalue weighted by molar-refractivity contribution is 5.50. The van der Waals surface area contributed by atoms with Crippen LogP contribution in [0.25, 0.3) is 0 Å². The van der Waals surface area contributed by atoms with E-state index < -0.39 is 0 Å². The van der Waals surface area contributed by atoms with Gasteiger partial charge in [0, 0.05) is 11.5 Å². The van der Waals surface area contributed by atoms with E-state index in [2.05, 4.69) is 11.4 Å². The summed E-state index contributed by atoms with van der Waals surface area (Å²) in [5.41, 5.74) is 1.98. The average Bonchev–Trinajstić information content (AvgIpc) is 2.93. The summed E-state index contributed by atoms with van der Waals surface area (Å²) in [6, 6.07) is 7.80. The van der Waals surface area contributed by atoms with E-state index in [1.807, 2.05) is 32.3 Å². The molecule has 2 unspecified atom stereocenters. The van der Waals surface area contributed by atoms with Gasteiger partial charge in [-0.3, -0.25) is 0 Å². The van der Waals surface area contributed by atoms with Crippen molar-refractivity contribution in [2.24, 2.45) is 0 Å². The first-order valence-electron chi connectivity index (χ1n) is 5.09. The molecule has 3 nitrogen and oxygen atoms in total. The molecule has 0 radical (unpaired) electrons. The Balaban J connectivity index is 0.000000258. The maximum absolute atomic E-state index is 8.68. The van der Waals surface area contributed by atoms with Crippen molar-refractivity contribution in [2.75, 3.05) is 14.1 Å². The summed E-state index contributed by atoms with van der Waals surface area (Å²) >= 11 is 0. The molecule has 0 saturated heterocycles. The van der Waals surface area contributed by atoms with E-state index in [0.717, 1.165) is 17.7 Å². The van der Waals surface area contributed by atoms with Crippen molar-refractivity contribution < 1.29 is 4.74 Å². The molecular formula is C12H14N2O. The van der Waals surface area contributed by atoms with E-state index in [4.69, 9.17) is 10.00 Å². The predicted octanol–water partition coefficient (Wildman–Crippen LogP) is 1.64. The molecule has 1 N–H and O–H groups in total. The van der Waals surface area contributed by atoms with Crippen LogP contribution in [-0.4, -0.2) is 20.2 Å². The lowest BCUT2D eigenvalue weighted by molar-refractivity contribution is 0.318. The fraction of sp³-hybridized carbons (Fsp3) is 0.417. The van der Waals surface area contributed by atoms with Gasteiger partial charge in [-0.1, -0.05) is 0 Å². The molecule has 3 heteroatoms. The number of benzene rings is 1. The summed E-state index contributed by atoms with van der Waals surface area (Å²) in [6.07, 6.45) is 1.57. The van der Waals surface area contributed by atoms with Crippen LogP contribution < -0.4 is 10.1 Å². The third-order valence-corrected chi connectivity index (χ3v) is 2.55. The molecule has 1 aliphatic carbocycles. The van der Waals surface area contributed by atoms with Crippen LogP contribution in [0.15, 0.2) is 18.2 Å². The van der Waals surface area contributed by atoms with E-state index in [9.17, 15) is 0 Å². The lowest BCUT2D eigenvalue weighted by Gasteiger charge is -2.01. The Labute approximate surface area is 89.7 Å². The van der Waals surface area contributed by atoms with Crippen LogP contribution in [0.5, 0.6) is 5.75 Å². The minimum absolute atomic E-state index is 0.425. The summed E-state index contributed by atoms with van der Waals surface area (Å²) in [5, 5.41) is 11.4. The molecule has 3 rings (SSSR count). The summed E-state index contributed by atoms with van der Waals surface area (Å²) in [5.74, 6) is 1.57. The van der Waals surface area contributed by atoms with E-state index in [1.54, 1.807) is 0 Å². The van der Waals surface area contributed by atoms with E-state index in [0.29, 0.717) is 12.0 Å². The zero-order valence-electron chi connectivity index (χ0n) is 8.95. The molecule has 0 amide bonds. The van der Waals surface area contributed by atoms with Crippen molar-refractivity contribution in [3.8, 4) is 11.8 Å². The quantitative estimate of drug-likeness (QED) is 0.695. The van der Waals surface area contributed by atoms with Gasteiger partial charge in [-0.05, 0) is 38.7 Å². The Morgan fingerprint density at radius 3 is 2.87 bits per heavy atom. The number of rotatable bonds is 0. The first kappa shape index (κ1) is 10.0. The molecule has 1 aromatic carbocycles. The minimum atomic E-state index is 0.425. The van der Waals surface area contributed by atoms with Gasteiger partial charge < -0.3 is 10.1 Å². The molecule has 78 valence electrons. The fourth-order valence-corrected chi connectivity index (χ4v) is 1.81. The van der Waals surface area contributed by atoms with Crippen LogP contribution >= 0.6 is 0 Å². The summed E-state index contributed by atoms with van der Waals surface area (Å²) in [7, 11) is 3.75. The standard InChI is InChI=1S/C10H7NO.C2H7N/c11-5-6-1-2-9-7(3-6)8-4-10(8)12-9;1-3-2/h1-3,8,10H,4H2;3H,1-2H3. The average molecular weight is 202 g/mol. The maximum atomic E-state index is 8.68. The molecule has 15 heavy (non-hydrogen) atoms. The van der Waals surface area contributed by atoms with Crippen LogP contribution in [0, 0.1) is 11.3 Å². The number of hydrogen-bond acceptors (Lipinski definition) is 3. The highest BCUT2D eigenvalue weighted by Crippen LogP contribution is 2.53. The molecular weight excluding hydrogens is 188 g/mol. The summed E-state index contributed by atoms with van der Waals surface area (Å²) in [6.45, 7) is 0. The van der Waals surface area contributed by atoms with Crippen LogP contribution in [0.3, 0.4) is 0 Å². The van der Waals surface area contributed by atoms with Gasteiger partial charge in [0.05, 0.1) is 11.6 Å². The molecule has 1 saturated carbocycles. The highest BCUT2D eigenvalue weighted by atomic mass is 16.5. The van der Waals surface area contributed by atoms with Gasteiger partial charge in [-0.25, -0.2) is 0 Å². The predicted molar refractivity (Wildman–Crippen MR) is 57.9 cm³/mol. The van der Waals surface area contributed by atoms with Gasteiger partial charge in [-0.2, -0.15) is 5.26 Å². The molecule has 1 heterocycles. The first-order chi connectivity index (χ1) is 7.30.